The monoisotopic (exact) mass is 501 g/mol. The quantitative estimate of drug-likeness (QED) is 0.387. The molecule has 7 nitrogen and oxygen atoms in total. The minimum Gasteiger partial charge on any atom is -0.340 e. The molecule has 182 valence electrons. The van der Waals surface area contributed by atoms with Crippen molar-refractivity contribution in [3.63, 3.8) is 0 Å². The van der Waals surface area contributed by atoms with Gasteiger partial charge in [0.05, 0.1) is 21.7 Å². The first-order chi connectivity index (χ1) is 16.2. The van der Waals surface area contributed by atoms with Crippen LogP contribution in [0.1, 0.15) is 31.9 Å². The van der Waals surface area contributed by atoms with Crippen LogP contribution in [-0.2, 0) is 21.6 Å². The molecule has 0 unspecified atom stereocenters. The topological polar surface area (TPSA) is 111 Å². The van der Waals surface area contributed by atoms with E-state index in [1.54, 1.807) is 18.2 Å². The summed E-state index contributed by atoms with van der Waals surface area (Å²) in [5, 5.41) is 9.10. The van der Waals surface area contributed by atoms with Crippen molar-refractivity contribution in [3.05, 3.63) is 72.2 Å². The molecule has 0 aliphatic rings. The number of halogens is 3. The van der Waals surface area contributed by atoms with Crippen LogP contribution in [0, 0.1) is 0 Å². The van der Waals surface area contributed by atoms with Crippen LogP contribution in [0.15, 0.2) is 66.0 Å². The van der Waals surface area contributed by atoms with Gasteiger partial charge in [-0.3, -0.25) is 4.98 Å². The van der Waals surface area contributed by atoms with Crippen LogP contribution in [0.5, 0.6) is 0 Å². The molecule has 3 N–H and O–H groups in total. The number of anilines is 2. The second-order valence-electron chi connectivity index (χ2n) is 8.98. The Bertz CT molecular complexity index is 1530. The second kappa shape index (κ2) is 8.58. The van der Waals surface area contributed by atoms with Gasteiger partial charge >= 0.3 is 6.18 Å². The molecule has 0 saturated carbocycles. The van der Waals surface area contributed by atoms with Gasteiger partial charge in [0.2, 0.25) is 10.0 Å². The highest BCUT2D eigenvalue weighted by Crippen LogP contribution is 2.37. The highest BCUT2D eigenvalue weighted by molar-refractivity contribution is 7.89. The third-order valence-corrected chi connectivity index (χ3v) is 6.35. The average molecular weight is 502 g/mol. The van der Waals surface area contributed by atoms with E-state index < -0.39 is 27.2 Å². The number of hydrogen-bond acceptors (Lipinski definition) is 6. The molecule has 0 saturated heterocycles. The molecule has 0 aliphatic heterocycles. The maximum absolute atomic E-state index is 13.5. The lowest BCUT2D eigenvalue weighted by molar-refractivity contribution is -0.137. The summed E-state index contributed by atoms with van der Waals surface area (Å²) < 4.78 is 64.4. The first-order valence-electron chi connectivity index (χ1n) is 10.5. The minimum atomic E-state index is -4.55. The molecule has 35 heavy (non-hydrogen) atoms. The molecule has 0 spiro atoms. The molecule has 11 heteroatoms. The molecule has 0 bridgehead atoms. The number of nitrogens with two attached hydrogens (primary N) is 1. The normalized spacial score (nSPS) is 12.7. The van der Waals surface area contributed by atoms with Crippen LogP contribution in [0.4, 0.5) is 24.7 Å². The molecule has 0 amide bonds. The number of alkyl halides is 3. The van der Waals surface area contributed by atoms with Gasteiger partial charge in [-0.2, -0.15) is 13.2 Å². The van der Waals surface area contributed by atoms with Gasteiger partial charge in [0.25, 0.3) is 0 Å². The zero-order valence-corrected chi connectivity index (χ0v) is 19.9. The molecule has 0 fully saturated rings. The van der Waals surface area contributed by atoms with Crippen molar-refractivity contribution >= 4 is 32.4 Å². The van der Waals surface area contributed by atoms with E-state index in [0.29, 0.717) is 28.0 Å². The standard InChI is InChI=1S/C24H22F3N5O2S/c1-23(2,3)18-12-15(7-9-20(18)35(28,33)34)32-22-16-8-6-14(11-19(16)30-13-31-22)21-17(24(25,26)27)5-4-10-29-21/h4-13H,1-3H3,(H2,28,33,34)(H,30,31,32). The SMILES string of the molecule is CC(C)(C)c1cc(Nc2ncnc3cc(-c4ncccc4C(F)(F)F)ccc23)ccc1S(N)(=O)=O. The number of aromatic nitrogens is 3. The number of sulfonamides is 1. The maximum atomic E-state index is 13.5. The number of nitrogens with zero attached hydrogens (tertiary/aromatic N) is 3. The first kappa shape index (κ1) is 24.6. The maximum Gasteiger partial charge on any atom is 0.418 e. The molecular formula is C24H22F3N5O2S. The molecular weight excluding hydrogens is 479 g/mol. The number of pyridine rings is 1. The van der Waals surface area contributed by atoms with E-state index >= 15 is 0 Å². The Morgan fingerprint density at radius 1 is 0.914 bits per heavy atom. The van der Waals surface area contributed by atoms with E-state index in [9.17, 15) is 21.6 Å². The van der Waals surface area contributed by atoms with Crippen molar-refractivity contribution in [2.24, 2.45) is 5.14 Å². The Kier molecular flexibility index (Phi) is 6.02. The van der Waals surface area contributed by atoms with Crippen molar-refractivity contribution in [1.82, 2.24) is 15.0 Å². The summed E-state index contributed by atoms with van der Waals surface area (Å²) in [4.78, 5) is 12.4. The summed E-state index contributed by atoms with van der Waals surface area (Å²) in [7, 11) is -3.93. The van der Waals surface area contributed by atoms with Gasteiger partial charge in [-0.15, -0.1) is 0 Å². The smallest absolute Gasteiger partial charge is 0.340 e. The Morgan fingerprint density at radius 2 is 1.66 bits per heavy atom. The lowest BCUT2D eigenvalue weighted by atomic mass is 9.87. The third-order valence-electron chi connectivity index (χ3n) is 5.38. The van der Waals surface area contributed by atoms with Crippen LogP contribution in [0.3, 0.4) is 0 Å². The second-order valence-corrected chi connectivity index (χ2v) is 10.5. The lowest BCUT2D eigenvalue weighted by Crippen LogP contribution is -2.21. The molecule has 2 aromatic carbocycles. The van der Waals surface area contributed by atoms with E-state index in [1.807, 2.05) is 20.8 Å². The van der Waals surface area contributed by atoms with E-state index in [0.717, 1.165) is 6.07 Å². The molecule has 2 aromatic heterocycles. The largest absolute Gasteiger partial charge is 0.418 e. The van der Waals surface area contributed by atoms with Gasteiger partial charge < -0.3 is 5.32 Å². The van der Waals surface area contributed by atoms with Crippen molar-refractivity contribution < 1.29 is 21.6 Å². The summed E-state index contributed by atoms with van der Waals surface area (Å²) in [5.41, 5.74) is 0.232. The molecule has 0 radical (unpaired) electrons. The zero-order valence-electron chi connectivity index (χ0n) is 19.1. The zero-order chi connectivity index (χ0) is 25.6. The third kappa shape index (κ3) is 5.10. The van der Waals surface area contributed by atoms with Crippen molar-refractivity contribution in [2.75, 3.05) is 5.32 Å². The van der Waals surface area contributed by atoms with Crippen molar-refractivity contribution in [2.45, 2.75) is 37.3 Å². The van der Waals surface area contributed by atoms with Crippen LogP contribution in [0.2, 0.25) is 0 Å². The number of primary sulfonamides is 1. The van der Waals surface area contributed by atoms with Crippen LogP contribution >= 0.6 is 0 Å². The van der Waals surface area contributed by atoms with Gasteiger partial charge in [-0.1, -0.05) is 26.8 Å². The minimum absolute atomic E-state index is 0.0311. The van der Waals surface area contributed by atoms with E-state index in [2.05, 4.69) is 20.3 Å². The Labute approximate surface area is 200 Å². The first-order valence-corrected chi connectivity index (χ1v) is 12.0. The van der Waals surface area contributed by atoms with Gasteiger partial charge in [-0.25, -0.2) is 23.5 Å². The summed E-state index contributed by atoms with van der Waals surface area (Å²) >= 11 is 0. The Balaban J connectivity index is 1.77. The fourth-order valence-corrected chi connectivity index (χ4v) is 4.68. The van der Waals surface area contributed by atoms with E-state index in [-0.39, 0.29) is 16.2 Å². The molecule has 4 aromatic rings. The average Bonchev–Trinajstić information content (AvgIpc) is 2.77. The van der Waals surface area contributed by atoms with Crippen molar-refractivity contribution in [1.29, 1.82) is 0 Å². The molecule has 0 atom stereocenters. The molecule has 4 rings (SSSR count). The van der Waals surface area contributed by atoms with Gasteiger partial charge in [0.15, 0.2) is 0 Å². The highest BCUT2D eigenvalue weighted by atomic mass is 32.2. The van der Waals surface area contributed by atoms with E-state index in [1.165, 1.54) is 36.8 Å². The predicted molar refractivity (Wildman–Crippen MR) is 128 cm³/mol. The van der Waals surface area contributed by atoms with Gasteiger partial charge in [-0.05, 0) is 53.4 Å². The number of rotatable bonds is 4. The fourth-order valence-electron chi connectivity index (χ4n) is 3.75. The predicted octanol–water partition coefficient (Wildman–Crippen LogP) is 5.40. The molecule has 0 aliphatic carbocycles. The van der Waals surface area contributed by atoms with E-state index in [4.69, 9.17) is 5.14 Å². The summed E-state index contributed by atoms with van der Waals surface area (Å²) in [6.45, 7) is 5.61. The number of nitrogens with one attached hydrogen (secondary N) is 1. The van der Waals surface area contributed by atoms with Crippen LogP contribution in [-0.4, -0.2) is 23.4 Å². The number of hydrogen-bond donors (Lipinski definition) is 2. The van der Waals surface area contributed by atoms with Crippen LogP contribution < -0.4 is 10.5 Å². The Morgan fingerprint density at radius 3 is 2.31 bits per heavy atom. The van der Waals surface area contributed by atoms with Crippen LogP contribution in [0.25, 0.3) is 22.2 Å². The summed E-state index contributed by atoms with van der Waals surface area (Å²) in [6, 6.07) is 11.6. The highest BCUT2D eigenvalue weighted by Gasteiger charge is 2.34. The Hall–Kier alpha value is -3.57. The number of fused-ring (bicyclic) bond motifs is 1. The van der Waals surface area contributed by atoms with Gasteiger partial charge in [0, 0.05) is 22.8 Å². The lowest BCUT2D eigenvalue weighted by Gasteiger charge is -2.23. The number of benzene rings is 2. The van der Waals surface area contributed by atoms with Gasteiger partial charge in [0.1, 0.15) is 12.1 Å². The summed E-state index contributed by atoms with van der Waals surface area (Å²) in [6.07, 6.45) is -1.95. The fraction of sp³-hybridized carbons (Fsp3) is 0.208. The summed E-state index contributed by atoms with van der Waals surface area (Å²) in [5.74, 6) is 0.404. The van der Waals surface area contributed by atoms with Crippen molar-refractivity contribution in [3.8, 4) is 11.3 Å². The molecule has 2 heterocycles.